The summed E-state index contributed by atoms with van der Waals surface area (Å²) in [5.41, 5.74) is 0.129. The van der Waals surface area contributed by atoms with Crippen molar-refractivity contribution < 1.29 is 9.18 Å². The summed E-state index contributed by atoms with van der Waals surface area (Å²) in [5, 5.41) is 0.472. The van der Waals surface area contributed by atoms with Crippen LogP contribution in [0.3, 0.4) is 0 Å². The first kappa shape index (κ1) is 10.9. The van der Waals surface area contributed by atoms with E-state index in [1.165, 1.54) is 12.1 Å². The van der Waals surface area contributed by atoms with Crippen LogP contribution in [-0.4, -0.2) is 15.9 Å². The van der Waals surface area contributed by atoms with Crippen molar-refractivity contribution in [3.8, 4) is 0 Å². The van der Waals surface area contributed by atoms with Crippen LogP contribution in [0.25, 0.3) is 0 Å². The van der Waals surface area contributed by atoms with Crippen molar-refractivity contribution in [3.63, 3.8) is 0 Å². The molecule has 0 aliphatic heterocycles. The summed E-state index contributed by atoms with van der Waals surface area (Å²) < 4.78 is 13.1. The first-order chi connectivity index (χ1) is 6.16. The zero-order valence-electron chi connectivity index (χ0n) is 6.64. The molecule has 0 spiro atoms. The minimum absolute atomic E-state index is 0.129. The summed E-state index contributed by atoms with van der Waals surface area (Å²) in [6.45, 7) is 0. The molecular formula is C9H7Br2FO. The Balaban J connectivity index is 2.95. The summed E-state index contributed by atoms with van der Waals surface area (Å²) in [7, 11) is 0. The third kappa shape index (κ3) is 2.61. The molecule has 0 fully saturated rings. The Morgan fingerprint density at radius 1 is 1.46 bits per heavy atom. The fourth-order valence-electron chi connectivity index (χ4n) is 0.900. The Labute approximate surface area is 92.6 Å². The summed E-state index contributed by atoms with van der Waals surface area (Å²) in [4.78, 5) is 11.1. The fourth-order valence-corrected chi connectivity index (χ4v) is 1.44. The van der Waals surface area contributed by atoms with E-state index in [9.17, 15) is 9.18 Å². The molecule has 0 aromatic heterocycles. The van der Waals surface area contributed by atoms with Gasteiger partial charge in [-0.25, -0.2) is 4.39 Å². The standard InChI is InChI=1S/C9H7Br2FO/c10-5-7(11)9(13)6-3-1-2-4-8(6)12/h1-4,7H,5H2. The zero-order valence-corrected chi connectivity index (χ0v) is 9.81. The zero-order chi connectivity index (χ0) is 9.84. The molecule has 0 N–H and O–H groups in total. The molecule has 1 atom stereocenters. The smallest absolute Gasteiger partial charge is 0.180 e. The molecule has 0 radical (unpaired) electrons. The number of halogens is 3. The number of ketones is 1. The van der Waals surface area contributed by atoms with Crippen molar-refractivity contribution in [2.45, 2.75) is 4.83 Å². The van der Waals surface area contributed by atoms with Gasteiger partial charge in [-0.15, -0.1) is 0 Å². The molecule has 1 rings (SSSR count). The second-order valence-corrected chi connectivity index (χ2v) is 4.22. The Kier molecular flexibility index (Phi) is 4.06. The van der Waals surface area contributed by atoms with Crippen molar-refractivity contribution in [2.75, 3.05) is 5.33 Å². The molecule has 1 unspecified atom stereocenters. The van der Waals surface area contributed by atoms with Gasteiger partial charge in [0.15, 0.2) is 5.78 Å². The lowest BCUT2D eigenvalue weighted by atomic mass is 10.1. The molecule has 4 heteroatoms. The maximum absolute atomic E-state index is 13.1. The number of rotatable bonds is 3. The third-order valence-electron chi connectivity index (χ3n) is 1.56. The van der Waals surface area contributed by atoms with Crippen LogP contribution >= 0.6 is 31.9 Å². The Morgan fingerprint density at radius 2 is 2.08 bits per heavy atom. The van der Waals surface area contributed by atoms with Crippen molar-refractivity contribution in [1.82, 2.24) is 0 Å². The van der Waals surface area contributed by atoms with Crippen LogP contribution in [-0.2, 0) is 0 Å². The van der Waals surface area contributed by atoms with E-state index in [0.29, 0.717) is 5.33 Å². The summed E-state index contributed by atoms with van der Waals surface area (Å²) in [6.07, 6.45) is 0. The summed E-state index contributed by atoms with van der Waals surface area (Å²) in [5.74, 6) is -0.715. The van der Waals surface area contributed by atoms with Gasteiger partial charge in [0.2, 0.25) is 0 Å². The molecule has 0 saturated heterocycles. The maximum atomic E-state index is 13.1. The molecule has 13 heavy (non-hydrogen) atoms. The molecule has 1 nitrogen and oxygen atoms in total. The highest BCUT2D eigenvalue weighted by atomic mass is 79.9. The number of benzene rings is 1. The van der Waals surface area contributed by atoms with Crippen LogP contribution in [0.1, 0.15) is 10.4 Å². The molecule has 0 aliphatic carbocycles. The van der Waals surface area contributed by atoms with Gasteiger partial charge in [0.25, 0.3) is 0 Å². The molecule has 0 saturated carbocycles. The monoisotopic (exact) mass is 308 g/mol. The first-order valence-corrected chi connectivity index (χ1v) is 5.69. The van der Waals surface area contributed by atoms with E-state index in [4.69, 9.17) is 0 Å². The van der Waals surface area contributed by atoms with Crippen molar-refractivity contribution in [1.29, 1.82) is 0 Å². The van der Waals surface area contributed by atoms with Gasteiger partial charge in [-0.05, 0) is 12.1 Å². The lowest BCUT2D eigenvalue weighted by molar-refractivity contribution is 0.0993. The minimum atomic E-state index is -0.474. The van der Waals surface area contributed by atoms with Gasteiger partial charge in [0.05, 0.1) is 10.4 Å². The van der Waals surface area contributed by atoms with Crippen LogP contribution in [0.4, 0.5) is 4.39 Å². The topological polar surface area (TPSA) is 17.1 Å². The lowest BCUT2D eigenvalue weighted by Crippen LogP contribution is -2.16. The van der Waals surface area contributed by atoms with E-state index in [-0.39, 0.29) is 16.2 Å². The summed E-state index contributed by atoms with van der Waals surface area (Å²) >= 11 is 6.30. The van der Waals surface area contributed by atoms with Gasteiger partial charge in [-0.3, -0.25) is 4.79 Å². The minimum Gasteiger partial charge on any atom is -0.293 e. The van der Waals surface area contributed by atoms with E-state index >= 15 is 0 Å². The largest absolute Gasteiger partial charge is 0.293 e. The number of hydrogen-bond acceptors (Lipinski definition) is 1. The van der Waals surface area contributed by atoms with Crippen molar-refractivity contribution in [2.24, 2.45) is 0 Å². The first-order valence-electron chi connectivity index (χ1n) is 3.65. The van der Waals surface area contributed by atoms with Gasteiger partial charge < -0.3 is 0 Å². The Bertz CT molecular complexity index is 314. The maximum Gasteiger partial charge on any atom is 0.180 e. The van der Waals surface area contributed by atoms with Gasteiger partial charge in [-0.2, -0.15) is 0 Å². The second-order valence-electron chi connectivity index (χ2n) is 2.47. The SMILES string of the molecule is O=C(c1ccccc1F)C(Br)CBr. The van der Waals surface area contributed by atoms with E-state index in [1.54, 1.807) is 12.1 Å². The number of alkyl halides is 2. The molecule has 0 aliphatic rings. The molecule has 0 heterocycles. The molecule has 70 valence electrons. The predicted octanol–water partition coefficient (Wildman–Crippen LogP) is 3.17. The molecule has 1 aromatic carbocycles. The van der Waals surface area contributed by atoms with E-state index < -0.39 is 5.82 Å². The van der Waals surface area contributed by atoms with Crippen LogP contribution in [0.2, 0.25) is 0 Å². The highest BCUT2D eigenvalue weighted by Crippen LogP contribution is 2.15. The number of carbonyl (C=O) groups is 1. The van der Waals surface area contributed by atoms with E-state index in [0.717, 1.165) is 0 Å². The summed E-state index contributed by atoms with van der Waals surface area (Å²) in [6, 6.07) is 5.96. The number of carbonyl (C=O) groups excluding carboxylic acids is 1. The fraction of sp³-hybridized carbons (Fsp3) is 0.222. The normalized spacial score (nSPS) is 12.5. The Hall–Kier alpha value is -0.220. The van der Waals surface area contributed by atoms with Gasteiger partial charge >= 0.3 is 0 Å². The van der Waals surface area contributed by atoms with Gasteiger partial charge in [0.1, 0.15) is 5.82 Å². The van der Waals surface area contributed by atoms with Crippen molar-refractivity contribution in [3.05, 3.63) is 35.6 Å². The number of hydrogen-bond donors (Lipinski definition) is 0. The Morgan fingerprint density at radius 3 is 2.62 bits per heavy atom. The van der Waals surface area contributed by atoms with Crippen LogP contribution in [0.5, 0.6) is 0 Å². The van der Waals surface area contributed by atoms with Gasteiger partial charge in [-0.1, -0.05) is 44.0 Å². The molecule has 0 bridgehead atoms. The van der Waals surface area contributed by atoms with Crippen LogP contribution < -0.4 is 0 Å². The van der Waals surface area contributed by atoms with Crippen LogP contribution in [0.15, 0.2) is 24.3 Å². The average molecular weight is 310 g/mol. The third-order valence-corrected chi connectivity index (χ3v) is 3.82. The van der Waals surface area contributed by atoms with Gasteiger partial charge in [0, 0.05) is 5.33 Å². The second kappa shape index (κ2) is 4.86. The average Bonchev–Trinajstić information content (AvgIpc) is 2.16. The lowest BCUT2D eigenvalue weighted by Gasteiger charge is -2.05. The van der Waals surface area contributed by atoms with E-state index in [2.05, 4.69) is 31.9 Å². The molecule has 1 aromatic rings. The highest BCUT2D eigenvalue weighted by molar-refractivity contribution is 9.12. The quantitative estimate of drug-likeness (QED) is 0.619. The molecule has 0 amide bonds. The molecular weight excluding hydrogens is 303 g/mol. The van der Waals surface area contributed by atoms with Crippen LogP contribution in [0, 0.1) is 5.82 Å². The van der Waals surface area contributed by atoms with E-state index in [1.807, 2.05) is 0 Å². The highest BCUT2D eigenvalue weighted by Gasteiger charge is 2.18. The predicted molar refractivity (Wildman–Crippen MR) is 57.2 cm³/mol. The van der Waals surface area contributed by atoms with Crippen molar-refractivity contribution >= 4 is 37.6 Å². The number of Topliss-reactive ketones (excluding diaryl/α,β-unsaturated/α-hetero) is 1.